The number of aromatic nitrogens is 6. The third-order valence-electron chi connectivity index (χ3n) is 23.7. The maximum Gasteiger partial charge on any atom is 0.305 e. The first-order chi connectivity index (χ1) is 70.1. The summed E-state index contributed by atoms with van der Waals surface area (Å²) in [6.07, 6.45) is 31.7. The Morgan fingerprint density at radius 2 is 0.548 bits per heavy atom. The van der Waals surface area contributed by atoms with Gasteiger partial charge in [0.05, 0.1) is 39.1 Å². The number of rotatable bonds is 47. The monoisotopic (exact) mass is 1970 g/mol. The van der Waals surface area contributed by atoms with Gasteiger partial charge in [0.2, 0.25) is 17.7 Å². The van der Waals surface area contributed by atoms with Crippen molar-refractivity contribution in [3.05, 3.63) is 342 Å². The molecule has 0 radical (unpaired) electrons. The van der Waals surface area contributed by atoms with E-state index < -0.39 is 53.8 Å². The van der Waals surface area contributed by atoms with Crippen molar-refractivity contribution in [3.8, 4) is 84.8 Å². The smallest absolute Gasteiger partial charge is 0.305 e. The molecule has 0 aliphatic rings. The number of ether oxygens (including phenoxy) is 3. The van der Waals surface area contributed by atoms with Gasteiger partial charge in [-0.25, -0.2) is 29.9 Å². The van der Waals surface area contributed by atoms with E-state index in [1.165, 1.54) is 0 Å². The first-order valence-electron chi connectivity index (χ1n) is 49.7. The molecule has 0 aliphatic heterocycles. The number of nitrogens with zero attached hydrogens (tertiary/aromatic N) is 6. The molecule has 9 N–H and O–H groups in total. The average molecular weight is 1970 g/mol. The fourth-order valence-electron chi connectivity index (χ4n) is 15.0. The van der Waals surface area contributed by atoms with Gasteiger partial charge in [-0.05, 0) is 185 Å². The Hall–Kier alpha value is -15.9. The number of benzene rings is 9. The fraction of sp³-hybridized carbons (Fsp3) is 0.319. The second-order valence-corrected chi connectivity index (χ2v) is 38.4. The highest BCUT2D eigenvalue weighted by atomic mass is 16.5. The van der Waals surface area contributed by atoms with Gasteiger partial charge in [0.25, 0.3) is 17.7 Å². The van der Waals surface area contributed by atoms with E-state index in [4.69, 9.17) is 29.5 Å². The molecule has 762 valence electrons. The number of amides is 6. The van der Waals surface area contributed by atoms with Gasteiger partial charge in [0.15, 0.2) is 17.5 Å². The zero-order valence-electron chi connectivity index (χ0n) is 85.5. The third-order valence-corrected chi connectivity index (χ3v) is 23.7. The van der Waals surface area contributed by atoms with E-state index in [-0.39, 0.29) is 92.1 Å². The molecule has 27 heteroatoms. The molecule has 0 aliphatic carbocycles. The summed E-state index contributed by atoms with van der Waals surface area (Å²) in [5, 5.41) is 43.4. The molecule has 12 aromatic rings. The zero-order chi connectivity index (χ0) is 105. The van der Waals surface area contributed by atoms with Crippen LogP contribution < -0.4 is 46.1 Å². The minimum Gasteiger partial charge on any atom is -0.494 e. The highest BCUT2D eigenvalue weighted by Crippen LogP contribution is 2.31. The topological polar surface area (TPSA) is 392 Å². The van der Waals surface area contributed by atoms with Gasteiger partial charge >= 0.3 is 17.9 Å². The largest absolute Gasteiger partial charge is 0.494 e. The number of nitrogens with one attached hydrogen (secondary N) is 6. The van der Waals surface area contributed by atoms with Gasteiger partial charge < -0.3 is 61.4 Å². The van der Waals surface area contributed by atoms with Crippen molar-refractivity contribution in [1.82, 2.24) is 61.8 Å². The molecule has 3 aromatic heterocycles. The number of unbranched alkanes of at least 4 members (excludes halogenated alkanes) is 3. The highest BCUT2D eigenvalue weighted by Gasteiger charge is 2.28. The van der Waals surface area contributed by atoms with Gasteiger partial charge in [-0.3, -0.25) is 43.2 Å². The first kappa shape index (κ1) is 112. The van der Waals surface area contributed by atoms with Crippen molar-refractivity contribution in [2.75, 3.05) is 39.5 Å². The Bertz CT molecular complexity index is 6030. The van der Waals surface area contributed by atoms with Crippen LogP contribution in [-0.4, -0.2) is 156 Å². The number of hydrogen-bond acceptors (Lipinski definition) is 18. The Balaban J connectivity index is 0.000000224. The molecular formula is C119H136N12O15. The predicted octanol–water partition coefficient (Wildman–Crippen LogP) is 21.1. The highest BCUT2D eigenvalue weighted by molar-refractivity contribution is 6.00. The molecule has 0 saturated heterocycles. The fourth-order valence-corrected chi connectivity index (χ4v) is 15.0. The van der Waals surface area contributed by atoms with Crippen LogP contribution in [0, 0.1) is 0 Å². The summed E-state index contributed by atoms with van der Waals surface area (Å²) in [5.74, 6) is -1.45. The molecule has 146 heavy (non-hydrogen) atoms. The number of carbonyl (C=O) groups is 9. The van der Waals surface area contributed by atoms with Crippen LogP contribution in [-0.2, 0) is 64.3 Å². The van der Waals surface area contributed by atoms with E-state index in [0.717, 1.165) is 152 Å². The molecule has 12 rings (SSSR count). The lowest BCUT2D eigenvalue weighted by molar-refractivity contribution is -0.138. The van der Waals surface area contributed by atoms with Crippen molar-refractivity contribution < 1.29 is 72.7 Å². The predicted molar refractivity (Wildman–Crippen MR) is 573 cm³/mol. The van der Waals surface area contributed by atoms with Gasteiger partial charge in [-0.2, -0.15) is 0 Å². The molecule has 6 amide bonds. The summed E-state index contributed by atoms with van der Waals surface area (Å²) >= 11 is 0. The molecule has 3 atom stereocenters. The molecular weight excluding hydrogens is 1840 g/mol. The lowest BCUT2D eigenvalue weighted by Gasteiger charge is -2.20. The number of allylic oxidation sites excluding steroid dienone is 4. The van der Waals surface area contributed by atoms with Crippen LogP contribution in [0.4, 0.5) is 0 Å². The summed E-state index contributed by atoms with van der Waals surface area (Å²) < 4.78 is 17.5. The van der Waals surface area contributed by atoms with Crippen molar-refractivity contribution in [2.45, 2.75) is 207 Å². The Labute approximate surface area is 856 Å². The summed E-state index contributed by atoms with van der Waals surface area (Å²) in [5.41, 5.74) is 14.8. The quantitative estimate of drug-likeness (QED) is 0.0126. The van der Waals surface area contributed by atoms with Crippen LogP contribution in [0.2, 0.25) is 0 Å². The van der Waals surface area contributed by atoms with Crippen LogP contribution >= 0.6 is 0 Å². The van der Waals surface area contributed by atoms with E-state index in [0.29, 0.717) is 54.0 Å². The Kier molecular flexibility index (Phi) is 43.6. The summed E-state index contributed by atoms with van der Waals surface area (Å²) in [7, 11) is 0. The van der Waals surface area contributed by atoms with Gasteiger partial charge in [-0.1, -0.05) is 271 Å². The van der Waals surface area contributed by atoms with Crippen LogP contribution in [0.15, 0.2) is 292 Å². The lowest BCUT2D eigenvalue weighted by atomic mass is 9.86. The number of carboxylic acid groups (broad SMARTS) is 3. The lowest BCUT2D eigenvalue weighted by Crippen LogP contribution is -2.48. The summed E-state index contributed by atoms with van der Waals surface area (Å²) in [4.78, 5) is 139. The first-order valence-corrected chi connectivity index (χ1v) is 49.7. The van der Waals surface area contributed by atoms with E-state index in [1.807, 2.05) is 195 Å². The molecule has 9 aromatic carbocycles. The SMILES string of the molecule is C/C=C/CCCOc1ccc(-c2cnc(-c3ccc(C[C@H](NC(=O)c4ccc(C(C)(C)C)cc4)C(=O)NCCC(=O)O)cc3)nc2)cc1.CCC/C=C/CCOc1ccc(-c2cnc(-c3ccc(C[C@H](NC(=O)c4ccc(C(C)(C)C)cc4)C(=O)NCCC(=O)O)cc3)nc2)cc1.CCC/C=C\CCOc1ccc(-c2cnc(-c3ccc(C[C@H](NC(=O)c4ccc(C(C)(C)C)cc4)C(=O)NCCC(=O)O)cc3)nc2)cc1. The molecule has 27 nitrogen and oxygen atoms in total. The summed E-state index contributed by atoms with van der Waals surface area (Å²) in [6, 6.07) is 65.2. The van der Waals surface area contributed by atoms with Gasteiger partial charge in [0.1, 0.15) is 35.4 Å². The van der Waals surface area contributed by atoms with Crippen molar-refractivity contribution in [2.24, 2.45) is 0 Å². The van der Waals surface area contributed by atoms with Crippen molar-refractivity contribution in [1.29, 1.82) is 0 Å². The molecule has 0 spiro atoms. The minimum atomic E-state index is -1.02. The maximum absolute atomic E-state index is 13.2. The number of aliphatic carboxylic acids is 3. The molecule has 0 fully saturated rings. The number of hydrogen-bond donors (Lipinski definition) is 9. The number of carbonyl (C=O) groups excluding carboxylic acids is 6. The molecule has 0 saturated carbocycles. The third kappa shape index (κ3) is 37.4. The van der Waals surface area contributed by atoms with E-state index >= 15 is 0 Å². The second kappa shape index (κ2) is 56.8. The summed E-state index contributed by atoms with van der Waals surface area (Å²) in [6.45, 7) is 27.0. The van der Waals surface area contributed by atoms with E-state index in [2.05, 4.69) is 168 Å². The number of carboxylic acids is 3. The zero-order valence-corrected chi connectivity index (χ0v) is 85.5. The van der Waals surface area contributed by atoms with Crippen LogP contribution in [0.5, 0.6) is 17.2 Å². The standard InChI is InChI=1S/2C40H46N4O5.C39H44N4O5/c2*1-5-6-7-8-9-24-49-34-20-16-29(17-21-34)32-26-42-37(43-27-32)30-12-10-28(11-13-30)25-35(39(48)41-23-22-36(45)46)44-38(47)31-14-18-33(19-15-31)40(2,3)4;1-5-6-7-8-23-48-33-19-15-28(16-20-33)31-25-41-36(42-26-31)29-11-9-27(10-12-29)24-34(38(47)40-22-21-35(44)45)43-37(46)30-13-17-32(18-14-30)39(2,3)4/h2*7-8,10-21,26-27,35H,5-6,9,22-25H2,1-4H3,(H,41,48)(H,44,47)(H,45,46);5-6,9-20,25-26,34H,7-8,21-24H2,1-4H3,(H,40,47)(H,43,46)(H,44,45)/b8-7+;8-7-;6-5+/t2*35-;34-/m000/s1. The van der Waals surface area contributed by atoms with Crippen molar-refractivity contribution >= 4 is 53.4 Å². The molecule has 0 bridgehead atoms. The van der Waals surface area contributed by atoms with Gasteiger partial charge in [-0.15, -0.1) is 0 Å². The van der Waals surface area contributed by atoms with E-state index in [1.54, 1.807) is 73.6 Å². The Morgan fingerprint density at radius 1 is 0.301 bits per heavy atom. The van der Waals surface area contributed by atoms with Crippen LogP contribution in [0.1, 0.15) is 218 Å². The second-order valence-electron chi connectivity index (χ2n) is 38.4. The van der Waals surface area contributed by atoms with Crippen molar-refractivity contribution in [3.63, 3.8) is 0 Å². The molecule has 3 heterocycles. The Morgan fingerprint density at radius 3 is 0.788 bits per heavy atom. The van der Waals surface area contributed by atoms with Crippen LogP contribution in [0.25, 0.3) is 67.5 Å². The normalized spacial score (nSPS) is 12.0. The maximum atomic E-state index is 13.2. The molecule has 0 unspecified atom stereocenters. The minimum absolute atomic E-state index is 0.0395. The van der Waals surface area contributed by atoms with E-state index in [9.17, 15) is 43.2 Å². The van der Waals surface area contributed by atoms with Gasteiger partial charge in [0, 0.05) is 126 Å². The van der Waals surface area contributed by atoms with Crippen LogP contribution in [0.3, 0.4) is 0 Å². The average Bonchev–Trinajstić information content (AvgIpc) is 0.836.